The van der Waals surface area contributed by atoms with Gasteiger partial charge < -0.3 is 4.74 Å². The number of aryl methyl sites for hydroxylation is 1. The number of hydrogen-bond donors (Lipinski definition) is 0. The van der Waals surface area contributed by atoms with Gasteiger partial charge in [0.2, 0.25) is 0 Å². The zero-order valence-electron chi connectivity index (χ0n) is 11.2. The van der Waals surface area contributed by atoms with Crippen LogP contribution in [-0.4, -0.2) is 13.1 Å². The molecule has 1 fully saturated rings. The fourth-order valence-electron chi connectivity index (χ4n) is 2.57. The maximum atomic E-state index is 14.1. The van der Waals surface area contributed by atoms with E-state index in [1.807, 2.05) is 6.07 Å². The third-order valence-corrected chi connectivity index (χ3v) is 3.67. The molecule has 0 bridgehead atoms. The molecule has 0 amide bonds. The van der Waals surface area contributed by atoms with E-state index in [1.54, 1.807) is 0 Å². The summed E-state index contributed by atoms with van der Waals surface area (Å²) in [7, 11) is 1.21. The maximum Gasteiger partial charge on any atom is 0.317 e. The van der Waals surface area contributed by atoms with Gasteiger partial charge in [-0.2, -0.15) is 5.26 Å². The molecule has 0 unspecified atom stereocenters. The van der Waals surface area contributed by atoms with E-state index in [9.17, 15) is 13.6 Å². The van der Waals surface area contributed by atoms with Crippen LogP contribution in [0.5, 0.6) is 0 Å². The van der Waals surface area contributed by atoms with E-state index >= 15 is 0 Å². The number of halogens is 2. The molecular formula is C15H13F2NO2. The van der Waals surface area contributed by atoms with Crippen molar-refractivity contribution in [2.24, 2.45) is 0 Å². The van der Waals surface area contributed by atoms with Crippen LogP contribution in [0, 0.1) is 29.9 Å². The quantitative estimate of drug-likeness (QED) is 0.617. The minimum atomic E-state index is -1.23. The van der Waals surface area contributed by atoms with Crippen molar-refractivity contribution in [3.05, 3.63) is 46.5 Å². The highest BCUT2D eigenvalue weighted by atomic mass is 19.1. The van der Waals surface area contributed by atoms with Crippen LogP contribution in [0.3, 0.4) is 0 Å². The van der Waals surface area contributed by atoms with Crippen molar-refractivity contribution in [2.45, 2.75) is 25.2 Å². The van der Waals surface area contributed by atoms with Crippen molar-refractivity contribution in [3.8, 4) is 6.07 Å². The molecule has 1 aromatic carbocycles. The van der Waals surface area contributed by atoms with Gasteiger partial charge in [0, 0.05) is 11.6 Å². The molecule has 3 nitrogen and oxygen atoms in total. The lowest BCUT2D eigenvalue weighted by molar-refractivity contribution is -0.149. The predicted molar refractivity (Wildman–Crippen MR) is 67.7 cm³/mol. The zero-order valence-corrected chi connectivity index (χ0v) is 11.2. The molecule has 1 saturated carbocycles. The van der Waals surface area contributed by atoms with Crippen molar-refractivity contribution >= 4 is 5.97 Å². The fraction of sp³-hybridized carbons (Fsp3) is 0.333. The lowest BCUT2D eigenvalue weighted by Crippen LogP contribution is -2.45. The highest BCUT2D eigenvalue weighted by molar-refractivity contribution is 5.86. The molecule has 0 atom stereocenters. The molecule has 0 aromatic heterocycles. The first kappa shape index (κ1) is 14.2. The molecule has 0 N–H and O–H groups in total. The van der Waals surface area contributed by atoms with Crippen molar-refractivity contribution in [3.63, 3.8) is 0 Å². The Morgan fingerprint density at radius 3 is 2.60 bits per heavy atom. The number of rotatable bonds is 2. The van der Waals surface area contributed by atoms with Gasteiger partial charge in [0.1, 0.15) is 17.0 Å². The SMILES string of the molecule is COC(=O)C1(c2cc(F)c(C)cc2F)CC(=CC#N)C1. The average molecular weight is 277 g/mol. The number of benzene rings is 1. The second kappa shape index (κ2) is 5.04. The second-order valence-corrected chi connectivity index (χ2v) is 4.94. The Bertz CT molecular complexity index is 636. The van der Waals surface area contributed by atoms with E-state index in [4.69, 9.17) is 10.00 Å². The average Bonchev–Trinajstić information content (AvgIpc) is 2.37. The third kappa shape index (κ3) is 2.07. The molecule has 0 radical (unpaired) electrons. The molecule has 1 aliphatic rings. The molecule has 1 aliphatic carbocycles. The van der Waals surface area contributed by atoms with Gasteiger partial charge >= 0.3 is 5.97 Å². The lowest BCUT2D eigenvalue weighted by atomic mass is 9.61. The molecule has 0 heterocycles. The van der Waals surface area contributed by atoms with Gasteiger partial charge in [-0.1, -0.05) is 5.57 Å². The first-order valence-corrected chi connectivity index (χ1v) is 6.06. The standard InChI is InChI=1S/C15H13F2NO2/c1-9-5-13(17)11(6-12(9)16)15(14(19)20-2)7-10(8-15)3-4-18/h3,5-6H,7-8H2,1-2H3. The molecule has 20 heavy (non-hydrogen) atoms. The van der Waals surface area contributed by atoms with E-state index < -0.39 is 23.0 Å². The number of carbonyl (C=O) groups excluding carboxylic acids is 1. The van der Waals surface area contributed by atoms with Gasteiger partial charge in [-0.15, -0.1) is 0 Å². The van der Waals surface area contributed by atoms with E-state index in [-0.39, 0.29) is 24.0 Å². The Labute approximate surface area is 115 Å². The number of nitrogens with zero attached hydrogens (tertiary/aromatic N) is 1. The van der Waals surface area contributed by atoms with Gasteiger partial charge in [-0.3, -0.25) is 4.79 Å². The minimum Gasteiger partial charge on any atom is -0.468 e. The second-order valence-electron chi connectivity index (χ2n) is 4.94. The monoisotopic (exact) mass is 277 g/mol. The van der Waals surface area contributed by atoms with E-state index in [1.165, 1.54) is 20.1 Å². The largest absolute Gasteiger partial charge is 0.468 e. The maximum absolute atomic E-state index is 14.1. The molecule has 0 saturated heterocycles. The van der Waals surface area contributed by atoms with Gasteiger partial charge in [0.15, 0.2) is 0 Å². The number of nitriles is 1. The third-order valence-electron chi connectivity index (χ3n) is 3.67. The van der Waals surface area contributed by atoms with Crippen LogP contribution in [-0.2, 0) is 14.9 Å². The summed E-state index contributed by atoms with van der Waals surface area (Å²) >= 11 is 0. The van der Waals surface area contributed by atoms with Crippen molar-refractivity contribution in [1.29, 1.82) is 5.26 Å². The number of ether oxygens (including phenoxy) is 1. The van der Waals surface area contributed by atoms with E-state index in [0.717, 1.165) is 17.7 Å². The van der Waals surface area contributed by atoms with Crippen molar-refractivity contribution in [1.82, 2.24) is 0 Å². The fourth-order valence-corrected chi connectivity index (χ4v) is 2.57. The number of carbonyl (C=O) groups is 1. The smallest absolute Gasteiger partial charge is 0.317 e. The van der Waals surface area contributed by atoms with Crippen LogP contribution < -0.4 is 0 Å². The highest BCUT2D eigenvalue weighted by Gasteiger charge is 2.51. The molecule has 0 spiro atoms. The molecular weight excluding hydrogens is 264 g/mol. The number of hydrogen-bond acceptors (Lipinski definition) is 3. The summed E-state index contributed by atoms with van der Waals surface area (Å²) in [6.07, 6.45) is 1.67. The molecule has 1 aromatic rings. The molecule has 5 heteroatoms. The summed E-state index contributed by atoms with van der Waals surface area (Å²) in [5.74, 6) is -1.82. The van der Waals surface area contributed by atoms with E-state index in [2.05, 4.69) is 0 Å². The summed E-state index contributed by atoms with van der Waals surface area (Å²) < 4.78 is 32.5. The Morgan fingerprint density at radius 1 is 1.40 bits per heavy atom. The van der Waals surface area contributed by atoms with Gasteiger partial charge in [0.05, 0.1) is 13.2 Å². The summed E-state index contributed by atoms with van der Waals surface area (Å²) in [6, 6.07) is 3.99. The number of esters is 1. The minimum absolute atomic E-state index is 0.0115. The Balaban J connectivity index is 2.51. The molecule has 2 rings (SSSR count). The number of methoxy groups -OCH3 is 1. The Hall–Kier alpha value is -2.22. The normalized spacial score (nSPS) is 20.9. The molecule has 104 valence electrons. The van der Waals surface area contributed by atoms with Crippen LogP contribution in [0.4, 0.5) is 8.78 Å². The van der Waals surface area contributed by atoms with Crippen LogP contribution in [0.2, 0.25) is 0 Å². The Morgan fingerprint density at radius 2 is 2.05 bits per heavy atom. The zero-order chi connectivity index (χ0) is 14.9. The van der Waals surface area contributed by atoms with Gasteiger partial charge in [-0.05, 0) is 37.5 Å². The topological polar surface area (TPSA) is 50.1 Å². The number of allylic oxidation sites excluding steroid dienone is 2. The van der Waals surface area contributed by atoms with Gasteiger partial charge in [0.25, 0.3) is 0 Å². The van der Waals surface area contributed by atoms with Crippen molar-refractivity contribution < 1.29 is 18.3 Å². The summed E-state index contributed by atoms with van der Waals surface area (Å²) in [6.45, 7) is 1.45. The Kier molecular flexibility index (Phi) is 3.58. The summed E-state index contributed by atoms with van der Waals surface area (Å²) in [4.78, 5) is 12.0. The van der Waals surface area contributed by atoms with E-state index in [0.29, 0.717) is 0 Å². The summed E-state index contributed by atoms with van der Waals surface area (Å²) in [5, 5.41) is 8.60. The molecule has 0 aliphatic heterocycles. The first-order valence-electron chi connectivity index (χ1n) is 6.06. The summed E-state index contributed by atoms with van der Waals surface area (Å²) in [5.41, 5.74) is -0.338. The van der Waals surface area contributed by atoms with Crippen LogP contribution in [0.25, 0.3) is 0 Å². The van der Waals surface area contributed by atoms with Crippen LogP contribution in [0.15, 0.2) is 23.8 Å². The lowest BCUT2D eigenvalue weighted by Gasteiger charge is -2.41. The first-order chi connectivity index (χ1) is 9.44. The van der Waals surface area contributed by atoms with Gasteiger partial charge in [-0.25, -0.2) is 8.78 Å². The van der Waals surface area contributed by atoms with Crippen LogP contribution in [0.1, 0.15) is 24.0 Å². The predicted octanol–water partition coefficient (Wildman–Crippen LogP) is 2.93. The van der Waals surface area contributed by atoms with Crippen LogP contribution >= 0.6 is 0 Å². The van der Waals surface area contributed by atoms with Crippen molar-refractivity contribution in [2.75, 3.05) is 7.11 Å². The highest BCUT2D eigenvalue weighted by Crippen LogP contribution is 2.49.